The third-order valence-electron chi connectivity index (χ3n) is 8.42. The Morgan fingerprint density at radius 2 is 1.67 bits per heavy atom. The van der Waals surface area contributed by atoms with Crippen molar-refractivity contribution < 1.29 is 36.7 Å². The standard InChI is InChI=1S/C32H31F3N2O5S/c1-40-31(39)29-25(37(23-12-15-41-16-13-23)30(38)21-8-10-22(11-9-21)32(33,34)35)18-28(43-29)20-6-4-19(5-7-20)27-17-24-26(42-27)3-2-14-36-24/h2-7,14,17-18,21-23H,8-13,15-16H2,1H3. The maximum absolute atomic E-state index is 14.1. The van der Waals surface area contributed by atoms with Gasteiger partial charge in [0, 0.05) is 47.9 Å². The number of pyridine rings is 1. The molecule has 0 atom stereocenters. The van der Waals surface area contributed by atoms with E-state index in [0.29, 0.717) is 43.1 Å². The van der Waals surface area contributed by atoms with Crippen molar-refractivity contribution in [3.63, 3.8) is 0 Å². The summed E-state index contributed by atoms with van der Waals surface area (Å²) in [6.07, 6.45) is -1.25. The molecule has 0 spiro atoms. The molecule has 0 unspecified atom stereocenters. The van der Waals surface area contributed by atoms with E-state index in [9.17, 15) is 22.8 Å². The van der Waals surface area contributed by atoms with Crippen LogP contribution in [0.3, 0.4) is 0 Å². The first kappa shape index (κ1) is 29.4. The molecule has 6 rings (SSSR count). The topological polar surface area (TPSA) is 81.9 Å². The van der Waals surface area contributed by atoms with Gasteiger partial charge in [-0.05, 0) is 62.3 Å². The number of methoxy groups -OCH3 is 1. The van der Waals surface area contributed by atoms with E-state index in [1.807, 2.05) is 48.5 Å². The number of alkyl halides is 3. The third kappa shape index (κ3) is 6.05. The Kier molecular flexibility index (Phi) is 8.28. The van der Waals surface area contributed by atoms with Crippen LogP contribution in [0.1, 0.15) is 48.2 Å². The highest BCUT2D eigenvalue weighted by Crippen LogP contribution is 2.44. The zero-order valence-corrected chi connectivity index (χ0v) is 24.4. The molecule has 2 fully saturated rings. The smallest absolute Gasteiger partial charge is 0.391 e. The fraction of sp³-hybridized carbons (Fsp3) is 0.406. The monoisotopic (exact) mass is 612 g/mol. The van der Waals surface area contributed by atoms with Crippen LogP contribution in [0, 0.1) is 11.8 Å². The van der Waals surface area contributed by atoms with Crippen molar-refractivity contribution in [2.24, 2.45) is 11.8 Å². The second kappa shape index (κ2) is 12.1. The average molecular weight is 613 g/mol. The summed E-state index contributed by atoms with van der Waals surface area (Å²) in [4.78, 5) is 34.1. The van der Waals surface area contributed by atoms with Crippen LogP contribution in [0.2, 0.25) is 0 Å². The summed E-state index contributed by atoms with van der Waals surface area (Å²) >= 11 is 1.23. The Morgan fingerprint density at radius 1 is 0.977 bits per heavy atom. The molecular weight excluding hydrogens is 581 g/mol. The zero-order valence-electron chi connectivity index (χ0n) is 23.6. The summed E-state index contributed by atoms with van der Waals surface area (Å²) < 4.78 is 56.6. The van der Waals surface area contributed by atoms with Crippen molar-refractivity contribution >= 4 is 40.0 Å². The van der Waals surface area contributed by atoms with Gasteiger partial charge in [0.1, 0.15) is 16.2 Å². The number of rotatable bonds is 6. The van der Waals surface area contributed by atoms with Crippen molar-refractivity contribution in [2.75, 3.05) is 25.2 Å². The number of nitrogens with zero attached hydrogens (tertiary/aromatic N) is 2. The van der Waals surface area contributed by atoms with Crippen LogP contribution in [-0.4, -0.2) is 49.4 Å². The van der Waals surface area contributed by atoms with Gasteiger partial charge in [-0.15, -0.1) is 11.3 Å². The molecule has 1 aromatic carbocycles. The molecule has 1 aliphatic carbocycles. The third-order valence-corrected chi connectivity index (χ3v) is 9.57. The first-order valence-electron chi connectivity index (χ1n) is 14.4. The lowest BCUT2D eigenvalue weighted by Gasteiger charge is -2.38. The molecule has 226 valence electrons. The number of halogens is 3. The highest BCUT2D eigenvalue weighted by molar-refractivity contribution is 7.18. The number of carbonyl (C=O) groups excluding carboxylic acids is 2. The number of furan rings is 1. The lowest BCUT2D eigenvalue weighted by Crippen LogP contribution is -2.47. The first-order chi connectivity index (χ1) is 20.7. The van der Waals surface area contributed by atoms with Crippen LogP contribution in [-0.2, 0) is 14.3 Å². The molecule has 1 amide bonds. The largest absolute Gasteiger partial charge is 0.465 e. The molecule has 4 aromatic rings. The summed E-state index contributed by atoms with van der Waals surface area (Å²) in [6.45, 7) is 0.914. The lowest BCUT2D eigenvalue weighted by atomic mass is 9.80. The van der Waals surface area contributed by atoms with Crippen molar-refractivity contribution in [1.82, 2.24) is 4.98 Å². The Hall–Kier alpha value is -3.70. The molecule has 0 bridgehead atoms. The highest BCUT2D eigenvalue weighted by Gasteiger charge is 2.44. The molecular formula is C32H31F3N2O5S. The summed E-state index contributed by atoms with van der Waals surface area (Å²) in [5.74, 6) is -2.06. The Balaban J connectivity index is 1.32. The van der Waals surface area contributed by atoms with E-state index in [2.05, 4.69) is 4.98 Å². The second-order valence-electron chi connectivity index (χ2n) is 11.0. The highest BCUT2D eigenvalue weighted by atomic mass is 32.1. The van der Waals surface area contributed by atoms with Gasteiger partial charge in [-0.2, -0.15) is 13.2 Å². The van der Waals surface area contributed by atoms with Gasteiger partial charge in [-0.1, -0.05) is 24.3 Å². The van der Waals surface area contributed by atoms with Gasteiger partial charge in [-0.25, -0.2) is 4.79 Å². The normalized spacial score (nSPS) is 19.8. The first-order valence-corrected chi connectivity index (χ1v) is 15.2. The van der Waals surface area contributed by atoms with Gasteiger partial charge in [0.25, 0.3) is 0 Å². The molecule has 1 saturated carbocycles. The molecule has 3 aromatic heterocycles. The van der Waals surface area contributed by atoms with E-state index in [-0.39, 0.29) is 42.5 Å². The van der Waals surface area contributed by atoms with Crippen LogP contribution in [0.25, 0.3) is 32.9 Å². The van der Waals surface area contributed by atoms with Crippen molar-refractivity contribution in [3.8, 4) is 21.8 Å². The van der Waals surface area contributed by atoms with E-state index in [0.717, 1.165) is 21.5 Å². The molecule has 2 aliphatic rings. The number of amides is 1. The Labute approximate surface area is 250 Å². The molecule has 0 radical (unpaired) electrons. The fourth-order valence-electron chi connectivity index (χ4n) is 6.06. The van der Waals surface area contributed by atoms with Crippen LogP contribution < -0.4 is 4.90 Å². The molecule has 11 heteroatoms. The number of hydrogen-bond acceptors (Lipinski definition) is 7. The number of thiophene rings is 1. The van der Waals surface area contributed by atoms with Crippen LogP contribution in [0.15, 0.2) is 59.1 Å². The predicted octanol–water partition coefficient (Wildman–Crippen LogP) is 7.89. The summed E-state index contributed by atoms with van der Waals surface area (Å²) in [7, 11) is 1.29. The van der Waals surface area contributed by atoms with Crippen LogP contribution >= 0.6 is 11.3 Å². The maximum atomic E-state index is 14.1. The minimum atomic E-state index is -4.26. The zero-order chi connectivity index (χ0) is 30.1. The number of aromatic nitrogens is 1. The van der Waals surface area contributed by atoms with E-state index in [1.54, 1.807) is 11.1 Å². The number of benzene rings is 1. The predicted molar refractivity (Wildman–Crippen MR) is 157 cm³/mol. The lowest BCUT2D eigenvalue weighted by molar-refractivity contribution is -0.184. The van der Waals surface area contributed by atoms with Gasteiger partial charge in [0.2, 0.25) is 5.91 Å². The second-order valence-corrected chi connectivity index (χ2v) is 12.1. The number of ether oxygens (including phenoxy) is 2. The Bertz CT molecular complexity index is 1570. The number of carbonyl (C=O) groups is 2. The summed E-state index contributed by atoms with van der Waals surface area (Å²) in [5, 5.41) is 0. The van der Waals surface area contributed by atoms with Gasteiger partial charge in [-0.3, -0.25) is 9.78 Å². The van der Waals surface area contributed by atoms with E-state index in [4.69, 9.17) is 13.9 Å². The molecule has 4 heterocycles. The molecule has 43 heavy (non-hydrogen) atoms. The van der Waals surface area contributed by atoms with Crippen molar-refractivity contribution in [2.45, 2.75) is 50.7 Å². The number of anilines is 1. The van der Waals surface area contributed by atoms with Gasteiger partial charge in [0.15, 0.2) is 5.58 Å². The van der Waals surface area contributed by atoms with E-state index in [1.165, 1.54) is 18.4 Å². The van der Waals surface area contributed by atoms with Crippen LogP contribution in [0.4, 0.5) is 18.9 Å². The van der Waals surface area contributed by atoms with Crippen molar-refractivity contribution in [1.29, 1.82) is 0 Å². The Morgan fingerprint density at radius 3 is 2.33 bits per heavy atom. The van der Waals surface area contributed by atoms with Gasteiger partial charge < -0.3 is 18.8 Å². The number of esters is 1. The summed E-state index contributed by atoms with van der Waals surface area (Å²) in [5.41, 5.74) is 3.59. The minimum Gasteiger partial charge on any atom is -0.465 e. The summed E-state index contributed by atoms with van der Waals surface area (Å²) in [6, 6.07) is 14.8. The van der Waals surface area contributed by atoms with Gasteiger partial charge in [0.05, 0.1) is 18.7 Å². The quantitative estimate of drug-likeness (QED) is 0.206. The molecule has 0 N–H and O–H groups in total. The number of fused-ring (bicyclic) bond motifs is 1. The minimum absolute atomic E-state index is 0.0755. The molecule has 1 saturated heterocycles. The maximum Gasteiger partial charge on any atom is 0.391 e. The SMILES string of the molecule is COC(=O)c1sc(-c2ccc(-c3cc4ncccc4o3)cc2)cc1N(C(=O)C1CCC(C(F)(F)F)CC1)C1CCOCC1. The van der Waals surface area contributed by atoms with E-state index < -0.39 is 24.0 Å². The molecule has 7 nitrogen and oxygen atoms in total. The van der Waals surface area contributed by atoms with Crippen molar-refractivity contribution in [3.05, 3.63) is 59.6 Å². The van der Waals surface area contributed by atoms with E-state index >= 15 is 0 Å². The molecule has 1 aliphatic heterocycles. The van der Waals surface area contributed by atoms with Crippen LogP contribution in [0.5, 0.6) is 0 Å². The fourth-order valence-corrected chi connectivity index (χ4v) is 7.13. The van der Waals surface area contributed by atoms with Gasteiger partial charge >= 0.3 is 12.1 Å². The number of hydrogen-bond donors (Lipinski definition) is 0. The average Bonchev–Trinajstić information content (AvgIpc) is 3.66.